The van der Waals surface area contributed by atoms with Crippen LogP contribution in [0.3, 0.4) is 0 Å². The van der Waals surface area contributed by atoms with E-state index in [9.17, 15) is 8.42 Å². The van der Waals surface area contributed by atoms with E-state index in [0.29, 0.717) is 12.2 Å². The summed E-state index contributed by atoms with van der Waals surface area (Å²) in [6.45, 7) is 5.91. The highest BCUT2D eigenvalue weighted by atomic mass is 32.2. The number of pyridine rings is 1. The fourth-order valence-corrected chi connectivity index (χ4v) is 2.58. The summed E-state index contributed by atoms with van der Waals surface area (Å²) >= 11 is 0. The largest absolute Gasteiger partial charge is 0.257 e. The van der Waals surface area contributed by atoms with Crippen LogP contribution >= 0.6 is 0 Å². The zero-order chi connectivity index (χ0) is 11.5. The number of aryl methyl sites for hydroxylation is 2. The van der Waals surface area contributed by atoms with E-state index in [1.54, 1.807) is 19.1 Å². The Labute approximate surface area is 90.8 Å². The number of aromatic nitrogens is 1. The van der Waals surface area contributed by atoms with Gasteiger partial charge < -0.3 is 0 Å². The van der Waals surface area contributed by atoms with Crippen molar-refractivity contribution in [3.8, 4) is 0 Å². The Hall–Kier alpha value is -0.940. The Morgan fingerprint density at radius 3 is 2.53 bits per heavy atom. The average Bonchev–Trinajstić information content (AvgIpc) is 2.14. The number of nitrogens with zero attached hydrogens (tertiary/aromatic N) is 1. The SMILES string of the molecule is CCCNS(=O)(=O)c1ccc(C)nc1C. The Morgan fingerprint density at radius 2 is 2.00 bits per heavy atom. The third kappa shape index (κ3) is 3.00. The highest BCUT2D eigenvalue weighted by Gasteiger charge is 2.16. The molecular weight excluding hydrogens is 212 g/mol. The summed E-state index contributed by atoms with van der Waals surface area (Å²) in [6, 6.07) is 3.29. The van der Waals surface area contributed by atoms with Gasteiger partial charge in [0.1, 0.15) is 4.90 Å². The molecule has 0 atom stereocenters. The first-order valence-corrected chi connectivity index (χ1v) is 6.39. The van der Waals surface area contributed by atoms with Gasteiger partial charge in [-0.05, 0) is 32.4 Å². The van der Waals surface area contributed by atoms with Crippen molar-refractivity contribution in [2.24, 2.45) is 0 Å². The van der Waals surface area contributed by atoms with Gasteiger partial charge in [-0.15, -0.1) is 0 Å². The Morgan fingerprint density at radius 1 is 1.33 bits per heavy atom. The first-order valence-electron chi connectivity index (χ1n) is 4.91. The predicted molar refractivity (Wildman–Crippen MR) is 59.2 cm³/mol. The Kier molecular flexibility index (Phi) is 3.82. The van der Waals surface area contributed by atoms with Crippen molar-refractivity contribution in [2.75, 3.05) is 6.54 Å². The molecule has 84 valence electrons. The molecule has 0 aromatic carbocycles. The van der Waals surface area contributed by atoms with Gasteiger partial charge in [-0.3, -0.25) is 4.98 Å². The molecule has 0 saturated heterocycles. The van der Waals surface area contributed by atoms with Crippen molar-refractivity contribution in [1.82, 2.24) is 9.71 Å². The van der Waals surface area contributed by atoms with Crippen LogP contribution in [0.25, 0.3) is 0 Å². The van der Waals surface area contributed by atoms with Crippen LogP contribution in [-0.2, 0) is 10.0 Å². The van der Waals surface area contributed by atoms with Gasteiger partial charge in [0.15, 0.2) is 0 Å². The maximum atomic E-state index is 11.8. The monoisotopic (exact) mass is 228 g/mol. The molecule has 1 heterocycles. The molecule has 0 spiro atoms. The van der Waals surface area contributed by atoms with Crippen molar-refractivity contribution in [3.05, 3.63) is 23.5 Å². The quantitative estimate of drug-likeness (QED) is 0.847. The standard InChI is InChI=1S/C10H16N2O2S/c1-4-7-11-15(13,14)10-6-5-8(2)12-9(10)3/h5-6,11H,4,7H2,1-3H3. The highest BCUT2D eigenvalue weighted by molar-refractivity contribution is 7.89. The summed E-state index contributed by atoms with van der Waals surface area (Å²) in [5.74, 6) is 0. The van der Waals surface area contributed by atoms with Gasteiger partial charge in [-0.2, -0.15) is 0 Å². The van der Waals surface area contributed by atoms with Crippen LogP contribution < -0.4 is 4.72 Å². The van der Waals surface area contributed by atoms with E-state index in [0.717, 1.165) is 12.1 Å². The maximum Gasteiger partial charge on any atom is 0.242 e. The van der Waals surface area contributed by atoms with Crippen molar-refractivity contribution < 1.29 is 8.42 Å². The zero-order valence-electron chi connectivity index (χ0n) is 9.24. The lowest BCUT2D eigenvalue weighted by molar-refractivity contribution is 0.579. The van der Waals surface area contributed by atoms with Gasteiger partial charge in [0.25, 0.3) is 0 Å². The molecule has 0 saturated carbocycles. The van der Waals surface area contributed by atoms with Crippen LogP contribution in [0, 0.1) is 13.8 Å². The molecule has 0 unspecified atom stereocenters. The second-order valence-corrected chi connectivity index (χ2v) is 5.17. The highest BCUT2D eigenvalue weighted by Crippen LogP contribution is 2.12. The zero-order valence-corrected chi connectivity index (χ0v) is 10.1. The number of hydrogen-bond donors (Lipinski definition) is 1. The Balaban J connectivity index is 3.05. The third-order valence-electron chi connectivity index (χ3n) is 2.01. The predicted octanol–water partition coefficient (Wildman–Crippen LogP) is 1.39. The molecule has 0 fully saturated rings. The van der Waals surface area contributed by atoms with Crippen LogP contribution in [0.1, 0.15) is 24.7 Å². The van der Waals surface area contributed by atoms with Gasteiger partial charge in [-0.25, -0.2) is 13.1 Å². The molecule has 1 aromatic rings. The van der Waals surface area contributed by atoms with Crippen LogP contribution in [-0.4, -0.2) is 19.9 Å². The van der Waals surface area contributed by atoms with Crippen LogP contribution in [0.4, 0.5) is 0 Å². The summed E-state index contributed by atoms with van der Waals surface area (Å²) in [5.41, 5.74) is 1.36. The number of rotatable bonds is 4. The lowest BCUT2D eigenvalue weighted by atomic mass is 10.3. The average molecular weight is 228 g/mol. The lowest BCUT2D eigenvalue weighted by Crippen LogP contribution is -2.25. The fourth-order valence-electron chi connectivity index (χ4n) is 1.27. The number of nitrogens with one attached hydrogen (secondary N) is 1. The van der Waals surface area contributed by atoms with Crippen molar-refractivity contribution >= 4 is 10.0 Å². The normalized spacial score (nSPS) is 11.7. The number of sulfonamides is 1. The fraction of sp³-hybridized carbons (Fsp3) is 0.500. The minimum Gasteiger partial charge on any atom is -0.257 e. The van der Waals surface area contributed by atoms with Crippen molar-refractivity contribution in [1.29, 1.82) is 0 Å². The molecule has 0 bridgehead atoms. The van der Waals surface area contributed by atoms with E-state index in [4.69, 9.17) is 0 Å². The Bertz CT molecular complexity index is 441. The van der Waals surface area contributed by atoms with Crippen molar-refractivity contribution in [3.63, 3.8) is 0 Å². The summed E-state index contributed by atoms with van der Waals surface area (Å²) in [4.78, 5) is 4.39. The topological polar surface area (TPSA) is 59.1 Å². The molecule has 0 radical (unpaired) electrons. The molecule has 1 rings (SSSR count). The maximum absolute atomic E-state index is 11.8. The van der Waals surface area contributed by atoms with Gasteiger partial charge in [0.05, 0.1) is 5.69 Å². The molecule has 4 nitrogen and oxygen atoms in total. The molecular formula is C10H16N2O2S. The molecule has 0 aliphatic rings. The van der Waals surface area contributed by atoms with Gasteiger partial charge in [-0.1, -0.05) is 6.92 Å². The minimum atomic E-state index is -3.38. The van der Waals surface area contributed by atoms with E-state index in [-0.39, 0.29) is 4.90 Å². The van der Waals surface area contributed by atoms with E-state index in [1.165, 1.54) is 0 Å². The second kappa shape index (κ2) is 4.72. The summed E-state index contributed by atoms with van der Waals surface area (Å²) < 4.78 is 26.1. The van der Waals surface area contributed by atoms with Crippen LogP contribution in [0.2, 0.25) is 0 Å². The third-order valence-corrected chi connectivity index (χ3v) is 3.60. The molecule has 1 aromatic heterocycles. The molecule has 0 aliphatic heterocycles. The molecule has 0 aliphatic carbocycles. The van der Waals surface area contributed by atoms with Crippen LogP contribution in [0.15, 0.2) is 17.0 Å². The first-order chi connectivity index (χ1) is 6.97. The first kappa shape index (κ1) is 12.1. The van der Waals surface area contributed by atoms with E-state index < -0.39 is 10.0 Å². The molecule has 1 N–H and O–H groups in total. The molecule has 0 amide bonds. The van der Waals surface area contributed by atoms with E-state index in [1.807, 2.05) is 13.8 Å². The number of hydrogen-bond acceptors (Lipinski definition) is 3. The summed E-state index contributed by atoms with van der Waals surface area (Å²) in [5, 5.41) is 0. The molecule has 5 heteroatoms. The van der Waals surface area contributed by atoms with E-state index >= 15 is 0 Å². The van der Waals surface area contributed by atoms with Crippen molar-refractivity contribution in [2.45, 2.75) is 32.1 Å². The molecule has 15 heavy (non-hydrogen) atoms. The van der Waals surface area contributed by atoms with Crippen LogP contribution in [0.5, 0.6) is 0 Å². The van der Waals surface area contributed by atoms with Gasteiger partial charge in [0.2, 0.25) is 10.0 Å². The van der Waals surface area contributed by atoms with E-state index in [2.05, 4.69) is 9.71 Å². The lowest BCUT2D eigenvalue weighted by Gasteiger charge is -2.08. The van der Waals surface area contributed by atoms with Gasteiger partial charge in [0, 0.05) is 12.2 Å². The summed E-state index contributed by atoms with van der Waals surface area (Å²) in [7, 11) is -3.38. The van der Waals surface area contributed by atoms with Gasteiger partial charge >= 0.3 is 0 Å². The smallest absolute Gasteiger partial charge is 0.242 e. The minimum absolute atomic E-state index is 0.265. The second-order valence-electron chi connectivity index (χ2n) is 3.43. The summed E-state index contributed by atoms with van der Waals surface area (Å²) in [6.07, 6.45) is 0.775.